The second-order valence-electron chi connectivity index (χ2n) is 4.54. The number of nitrogen functional groups attached to an aromatic ring is 1. The van der Waals surface area contributed by atoms with Crippen LogP contribution in [0.1, 0.15) is 23.2 Å². The summed E-state index contributed by atoms with van der Waals surface area (Å²) in [5.74, 6) is -1.12. The smallest absolute Gasteiger partial charge is 0.254 e. The lowest BCUT2D eigenvalue weighted by molar-refractivity contribution is -0.124. The van der Waals surface area contributed by atoms with Crippen molar-refractivity contribution in [2.24, 2.45) is 0 Å². The highest BCUT2D eigenvalue weighted by Crippen LogP contribution is 2.21. The van der Waals surface area contributed by atoms with E-state index in [0.29, 0.717) is 13.0 Å². The molecule has 1 aromatic carbocycles. The average molecular weight is 265 g/mol. The van der Waals surface area contributed by atoms with Crippen molar-refractivity contribution in [1.29, 1.82) is 0 Å². The van der Waals surface area contributed by atoms with E-state index >= 15 is 0 Å². The van der Waals surface area contributed by atoms with Gasteiger partial charge in [-0.1, -0.05) is 0 Å². The van der Waals surface area contributed by atoms with Crippen LogP contribution in [0.5, 0.6) is 0 Å². The van der Waals surface area contributed by atoms with Crippen LogP contribution in [0.2, 0.25) is 0 Å². The summed E-state index contributed by atoms with van der Waals surface area (Å²) in [7, 11) is 1.53. The molecule has 1 fully saturated rings. The summed E-state index contributed by atoms with van der Waals surface area (Å²) in [6.07, 6.45) is 1.38. The van der Waals surface area contributed by atoms with E-state index in [-0.39, 0.29) is 23.1 Å². The molecular formula is C13H16FN3O2. The van der Waals surface area contributed by atoms with Gasteiger partial charge in [0.05, 0.1) is 0 Å². The lowest BCUT2D eigenvalue weighted by Crippen LogP contribution is -2.44. The predicted molar refractivity (Wildman–Crippen MR) is 68.9 cm³/mol. The number of hydrogen-bond donors (Lipinski definition) is 2. The Morgan fingerprint density at radius 1 is 1.42 bits per heavy atom. The highest BCUT2D eigenvalue weighted by Gasteiger charge is 2.34. The molecule has 1 aliphatic heterocycles. The molecule has 3 N–H and O–H groups in total. The van der Waals surface area contributed by atoms with Gasteiger partial charge in [-0.05, 0) is 31.0 Å². The normalized spacial score (nSPS) is 18.4. The van der Waals surface area contributed by atoms with E-state index in [9.17, 15) is 14.0 Å². The number of halogens is 1. The number of rotatable bonds is 2. The molecule has 1 unspecified atom stereocenters. The van der Waals surface area contributed by atoms with Crippen LogP contribution in [0, 0.1) is 5.82 Å². The zero-order valence-corrected chi connectivity index (χ0v) is 10.6. The van der Waals surface area contributed by atoms with Crippen molar-refractivity contribution in [2.75, 3.05) is 19.3 Å². The van der Waals surface area contributed by atoms with Gasteiger partial charge in [-0.25, -0.2) is 4.39 Å². The molecule has 0 saturated carbocycles. The molecule has 5 nitrogen and oxygen atoms in total. The van der Waals surface area contributed by atoms with Crippen LogP contribution in [-0.4, -0.2) is 36.3 Å². The molecule has 0 aromatic heterocycles. The number of nitrogens with two attached hydrogens (primary N) is 1. The summed E-state index contributed by atoms with van der Waals surface area (Å²) in [5, 5.41) is 2.53. The zero-order valence-electron chi connectivity index (χ0n) is 10.6. The minimum absolute atomic E-state index is 0.174. The van der Waals surface area contributed by atoms with Gasteiger partial charge in [0.15, 0.2) is 0 Å². The number of likely N-dealkylation sites (N-methyl/N-ethyl adjacent to an activating group) is 1. The molecule has 0 aliphatic carbocycles. The van der Waals surface area contributed by atoms with Crippen LogP contribution in [0.3, 0.4) is 0 Å². The van der Waals surface area contributed by atoms with Gasteiger partial charge >= 0.3 is 0 Å². The lowest BCUT2D eigenvalue weighted by Gasteiger charge is -2.23. The molecule has 2 amide bonds. The van der Waals surface area contributed by atoms with Gasteiger partial charge in [0.25, 0.3) is 5.91 Å². The van der Waals surface area contributed by atoms with E-state index in [1.807, 2.05) is 0 Å². The molecule has 1 heterocycles. The summed E-state index contributed by atoms with van der Waals surface area (Å²) in [5.41, 5.74) is 5.89. The van der Waals surface area contributed by atoms with Gasteiger partial charge < -0.3 is 16.0 Å². The molecule has 1 aliphatic rings. The molecule has 0 radical (unpaired) electrons. The molecule has 19 heavy (non-hydrogen) atoms. The summed E-state index contributed by atoms with van der Waals surface area (Å²) in [6, 6.07) is 3.22. The van der Waals surface area contributed by atoms with Gasteiger partial charge in [0, 0.05) is 24.8 Å². The highest BCUT2D eigenvalue weighted by atomic mass is 19.1. The fraction of sp³-hybridized carbons (Fsp3) is 0.385. The fourth-order valence-electron chi connectivity index (χ4n) is 2.35. The highest BCUT2D eigenvalue weighted by molar-refractivity contribution is 5.98. The standard InChI is InChI=1S/C13H16FN3O2/c1-16-12(18)11-3-2-4-17(11)13(19)8-5-9(14)7-10(15)6-8/h5-7,11H,2-4,15H2,1H3,(H,16,18). The maximum Gasteiger partial charge on any atom is 0.254 e. The van der Waals surface area contributed by atoms with E-state index in [4.69, 9.17) is 5.73 Å². The number of amides is 2. The van der Waals surface area contributed by atoms with E-state index in [1.165, 1.54) is 18.0 Å². The van der Waals surface area contributed by atoms with Gasteiger partial charge in [0.1, 0.15) is 11.9 Å². The SMILES string of the molecule is CNC(=O)C1CCCN1C(=O)c1cc(N)cc(F)c1. The minimum Gasteiger partial charge on any atom is -0.399 e. The van der Waals surface area contributed by atoms with Crippen LogP contribution in [0.25, 0.3) is 0 Å². The molecule has 0 bridgehead atoms. The minimum atomic E-state index is -0.556. The van der Waals surface area contributed by atoms with E-state index in [2.05, 4.69) is 5.32 Å². The number of hydrogen-bond acceptors (Lipinski definition) is 3. The molecule has 0 spiro atoms. The first kappa shape index (κ1) is 13.3. The first-order chi connectivity index (χ1) is 9.02. The summed E-state index contributed by atoms with van der Waals surface area (Å²) in [4.78, 5) is 25.5. The molecule has 1 aromatic rings. The Morgan fingerprint density at radius 3 is 2.79 bits per heavy atom. The summed E-state index contributed by atoms with van der Waals surface area (Å²) < 4.78 is 13.3. The summed E-state index contributed by atoms with van der Waals surface area (Å²) >= 11 is 0. The summed E-state index contributed by atoms with van der Waals surface area (Å²) in [6.45, 7) is 0.493. The lowest BCUT2D eigenvalue weighted by atomic mass is 10.1. The van der Waals surface area contributed by atoms with Crippen molar-refractivity contribution >= 4 is 17.5 Å². The van der Waals surface area contributed by atoms with Crippen LogP contribution < -0.4 is 11.1 Å². The number of carbonyl (C=O) groups is 2. The maximum absolute atomic E-state index is 13.3. The Labute approximate surface area is 110 Å². The Morgan fingerprint density at radius 2 is 2.16 bits per heavy atom. The third-order valence-electron chi connectivity index (χ3n) is 3.23. The number of nitrogens with zero attached hydrogens (tertiary/aromatic N) is 1. The first-order valence-electron chi connectivity index (χ1n) is 6.11. The topological polar surface area (TPSA) is 75.4 Å². The van der Waals surface area contributed by atoms with Gasteiger partial charge in [0.2, 0.25) is 5.91 Å². The quantitative estimate of drug-likeness (QED) is 0.775. The second kappa shape index (κ2) is 5.26. The molecule has 102 valence electrons. The van der Waals surface area contributed by atoms with Gasteiger partial charge in [-0.3, -0.25) is 9.59 Å². The van der Waals surface area contributed by atoms with Crippen molar-refractivity contribution in [3.05, 3.63) is 29.6 Å². The van der Waals surface area contributed by atoms with Crippen LogP contribution in [0.15, 0.2) is 18.2 Å². The number of carbonyl (C=O) groups excluding carboxylic acids is 2. The number of benzene rings is 1. The largest absolute Gasteiger partial charge is 0.399 e. The molecule has 1 atom stereocenters. The van der Waals surface area contributed by atoms with Crippen LogP contribution in [-0.2, 0) is 4.79 Å². The van der Waals surface area contributed by atoms with Crippen molar-refractivity contribution in [1.82, 2.24) is 10.2 Å². The zero-order chi connectivity index (χ0) is 14.0. The predicted octanol–water partition coefficient (Wildman–Crippen LogP) is 0.758. The van der Waals surface area contributed by atoms with E-state index in [0.717, 1.165) is 18.6 Å². The fourth-order valence-corrected chi connectivity index (χ4v) is 2.35. The van der Waals surface area contributed by atoms with Crippen molar-refractivity contribution in [3.63, 3.8) is 0 Å². The Hall–Kier alpha value is -2.11. The van der Waals surface area contributed by atoms with E-state index < -0.39 is 11.9 Å². The third kappa shape index (κ3) is 2.67. The number of likely N-dealkylation sites (tertiary alicyclic amines) is 1. The van der Waals surface area contributed by atoms with Crippen LogP contribution >= 0.6 is 0 Å². The molecule has 1 saturated heterocycles. The maximum atomic E-state index is 13.3. The van der Waals surface area contributed by atoms with Gasteiger partial charge in [-0.2, -0.15) is 0 Å². The van der Waals surface area contributed by atoms with Crippen molar-refractivity contribution in [2.45, 2.75) is 18.9 Å². The van der Waals surface area contributed by atoms with Gasteiger partial charge in [-0.15, -0.1) is 0 Å². The average Bonchev–Trinajstić information content (AvgIpc) is 2.84. The number of nitrogens with one attached hydrogen (secondary N) is 1. The van der Waals surface area contributed by atoms with Crippen molar-refractivity contribution < 1.29 is 14.0 Å². The third-order valence-corrected chi connectivity index (χ3v) is 3.23. The van der Waals surface area contributed by atoms with Crippen LogP contribution in [0.4, 0.5) is 10.1 Å². The Balaban J connectivity index is 2.25. The second-order valence-corrected chi connectivity index (χ2v) is 4.54. The number of anilines is 1. The van der Waals surface area contributed by atoms with Crippen molar-refractivity contribution in [3.8, 4) is 0 Å². The Kier molecular flexibility index (Phi) is 3.69. The first-order valence-corrected chi connectivity index (χ1v) is 6.11. The Bertz CT molecular complexity index is 498. The molecule has 6 heteroatoms. The molecular weight excluding hydrogens is 249 g/mol. The monoisotopic (exact) mass is 265 g/mol. The molecule has 2 rings (SSSR count). The van der Waals surface area contributed by atoms with E-state index in [1.54, 1.807) is 0 Å².